The lowest BCUT2D eigenvalue weighted by atomic mass is 10.2. The van der Waals surface area contributed by atoms with E-state index in [1.165, 1.54) is 11.3 Å². The molecule has 0 aliphatic carbocycles. The van der Waals surface area contributed by atoms with E-state index < -0.39 is 9.84 Å². The third kappa shape index (κ3) is 3.57. The van der Waals surface area contributed by atoms with Crippen molar-refractivity contribution < 1.29 is 8.42 Å². The van der Waals surface area contributed by atoms with Crippen LogP contribution in [-0.2, 0) is 16.3 Å². The van der Waals surface area contributed by atoms with Crippen molar-refractivity contribution in [2.45, 2.75) is 32.4 Å². The molecule has 0 radical (unpaired) electrons. The summed E-state index contributed by atoms with van der Waals surface area (Å²) in [5.41, 5.74) is 1.73. The minimum Gasteiger partial charge on any atom is -0.253 e. The fraction of sp³-hybridized carbons (Fsp3) is 0.700. The van der Waals surface area contributed by atoms with Crippen molar-refractivity contribution >= 4 is 21.2 Å². The number of nitrogens with zero attached hydrogens (tertiary/aromatic N) is 1. The van der Waals surface area contributed by atoms with E-state index in [1.807, 2.05) is 13.8 Å². The Hall–Kier alpha value is -0.420. The number of hydrogen-bond acceptors (Lipinski definition) is 4. The van der Waals surface area contributed by atoms with Crippen LogP contribution in [0.4, 0.5) is 0 Å². The number of thiazole rings is 1. The Labute approximate surface area is 95.5 Å². The lowest BCUT2D eigenvalue weighted by molar-refractivity contribution is 0.545. The molecule has 3 nitrogen and oxygen atoms in total. The summed E-state index contributed by atoms with van der Waals surface area (Å²) in [5.74, 6) is 0.408. The molecule has 0 saturated heterocycles. The Morgan fingerprint density at radius 2 is 2.07 bits per heavy atom. The molecule has 0 aromatic carbocycles. The van der Waals surface area contributed by atoms with Crippen LogP contribution in [0.25, 0.3) is 0 Å². The Morgan fingerprint density at radius 3 is 2.53 bits per heavy atom. The Bertz CT molecular complexity index is 382. The molecule has 0 aliphatic rings. The highest BCUT2D eigenvalue weighted by atomic mass is 32.2. The molecule has 86 valence electrons. The summed E-state index contributed by atoms with van der Waals surface area (Å²) in [7, 11) is -2.96. The lowest BCUT2D eigenvalue weighted by Crippen LogP contribution is -2.26. The van der Waals surface area contributed by atoms with Gasteiger partial charge in [0.1, 0.15) is 0 Å². The van der Waals surface area contributed by atoms with Gasteiger partial charge in [-0.3, -0.25) is 4.98 Å². The fourth-order valence-corrected chi connectivity index (χ4v) is 3.64. The molecule has 1 rings (SSSR count). The second-order valence-corrected chi connectivity index (χ2v) is 7.48. The SMILES string of the molecule is CC(C)C(C)S(=O)(=O)CCc1cncs1. The van der Waals surface area contributed by atoms with Crippen LogP contribution in [0.1, 0.15) is 25.6 Å². The van der Waals surface area contributed by atoms with Crippen molar-refractivity contribution in [3.63, 3.8) is 0 Å². The maximum atomic E-state index is 11.9. The first-order valence-electron chi connectivity index (χ1n) is 5.02. The van der Waals surface area contributed by atoms with Crippen LogP contribution in [-0.4, -0.2) is 24.4 Å². The normalized spacial score (nSPS) is 14.4. The Balaban J connectivity index is 2.58. The Morgan fingerprint density at radius 1 is 1.40 bits per heavy atom. The molecule has 0 fully saturated rings. The van der Waals surface area contributed by atoms with Crippen LogP contribution in [0.5, 0.6) is 0 Å². The third-order valence-corrected chi connectivity index (χ3v) is 5.91. The summed E-state index contributed by atoms with van der Waals surface area (Å²) in [6, 6.07) is 0. The van der Waals surface area contributed by atoms with Crippen molar-refractivity contribution in [2.75, 3.05) is 5.75 Å². The maximum absolute atomic E-state index is 11.9. The molecule has 1 aromatic heterocycles. The van der Waals surface area contributed by atoms with Gasteiger partial charge in [-0.25, -0.2) is 8.42 Å². The van der Waals surface area contributed by atoms with Gasteiger partial charge >= 0.3 is 0 Å². The highest BCUT2D eigenvalue weighted by molar-refractivity contribution is 7.92. The van der Waals surface area contributed by atoms with Crippen molar-refractivity contribution in [3.8, 4) is 0 Å². The first kappa shape index (κ1) is 12.6. The van der Waals surface area contributed by atoms with Crippen LogP contribution >= 0.6 is 11.3 Å². The largest absolute Gasteiger partial charge is 0.253 e. The van der Waals surface area contributed by atoms with Crippen molar-refractivity contribution in [1.82, 2.24) is 4.98 Å². The molecule has 0 saturated carbocycles. The van der Waals surface area contributed by atoms with Gasteiger partial charge in [0.2, 0.25) is 0 Å². The summed E-state index contributed by atoms with van der Waals surface area (Å²) in [5, 5.41) is -0.259. The molecule has 0 spiro atoms. The van der Waals surface area contributed by atoms with Gasteiger partial charge in [-0.2, -0.15) is 0 Å². The van der Waals surface area contributed by atoms with E-state index in [1.54, 1.807) is 18.6 Å². The van der Waals surface area contributed by atoms with E-state index in [9.17, 15) is 8.42 Å². The van der Waals surface area contributed by atoms with Gasteiger partial charge in [0, 0.05) is 11.1 Å². The number of hydrogen-bond donors (Lipinski definition) is 0. The molecule has 0 aliphatic heterocycles. The number of rotatable bonds is 5. The summed E-state index contributed by atoms with van der Waals surface area (Å²) in [6.07, 6.45) is 2.32. The quantitative estimate of drug-likeness (QED) is 0.801. The molecule has 1 atom stereocenters. The first-order chi connectivity index (χ1) is 6.93. The van der Waals surface area contributed by atoms with Crippen molar-refractivity contribution in [1.29, 1.82) is 0 Å². The molecular weight excluding hydrogens is 230 g/mol. The first-order valence-corrected chi connectivity index (χ1v) is 7.62. The zero-order valence-electron chi connectivity index (χ0n) is 9.30. The van der Waals surface area contributed by atoms with Gasteiger partial charge < -0.3 is 0 Å². The van der Waals surface area contributed by atoms with E-state index in [2.05, 4.69) is 4.98 Å². The lowest BCUT2D eigenvalue weighted by Gasteiger charge is -2.15. The van der Waals surface area contributed by atoms with Crippen LogP contribution in [0.3, 0.4) is 0 Å². The van der Waals surface area contributed by atoms with E-state index >= 15 is 0 Å². The molecular formula is C10H17NO2S2. The van der Waals surface area contributed by atoms with Crippen LogP contribution in [0.2, 0.25) is 0 Å². The molecule has 5 heteroatoms. The smallest absolute Gasteiger partial charge is 0.153 e. The van der Waals surface area contributed by atoms with Crippen LogP contribution in [0, 0.1) is 5.92 Å². The van der Waals surface area contributed by atoms with E-state index in [0.717, 1.165) is 4.88 Å². The Kier molecular flexibility index (Phi) is 4.28. The third-order valence-electron chi connectivity index (χ3n) is 2.62. The summed E-state index contributed by atoms with van der Waals surface area (Å²) >= 11 is 1.51. The van der Waals surface area contributed by atoms with E-state index in [-0.39, 0.29) is 16.9 Å². The van der Waals surface area contributed by atoms with Crippen molar-refractivity contribution in [3.05, 3.63) is 16.6 Å². The monoisotopic (exact) mass is 247 g/mol. The van der Waals surface area contributed by atoms with Gasteiger partial charge in [-0.15, -0.1) is 11.3 Å². The average molecular weight is 247 g/mol. The second-order valence-electron chi connectivity index (χ2n) is 4.03. The number of sulfone groups is 1. The molecule has 1 aromatic rings. The van der Waals surface area contributed by atoms with Gasteiger partial charge in [0.05, 0.1) is 16.5 Å². The maximum Gasteiger partial charge on any atom is 0.153 e. The minimum absolute atomic E-state index is 0.177. The van der Waals surface area contributed by atoms with Gasteiger partial charge in [-0.1, -0.05) is 13.8 Å². The fourth-order valence-electron chi connectivity index (χ4n) is 1.21. The molecule has 1 heterocycles. The molecule has 0 N–H and O–H groups in total. The highest BCUT2D eigenvalue weighted by Crippen LogP contribution is 2.15. The van der Waals surface area contributed by atoms with E-state index in [0.29, 0.717) is 6.42 Å². The predicted molar refractivity (Wildman–Crippen MR) is 63.9 cm³/mol. The highest BCUT2D eigenvalue weighted by Gasteiger charge is 2.23. The van der Waals surface area contributed by atoms with Gasteiger partial charge in [0.15, 0.2) is 9.84 Å². The number of aromatic nitrogens is 1. The molecule has 0 amide bonds. The molecule has 0 bridgehead atoms. The summed E-state index contributed by atoms with van der Waals surface area (Å²) in [4.78, 5) is 4.96. The summed E-state index contributed by atoms with van der Waals surface area (Å²) < 4.78 is 23.7. The number of aryl methyl sites for hydroxylation is 1. The van der Waals surface area contributed by atoms with Crippen molar-refractivity contribution in [2.24, 2.45) is 5.92 Å². The van der Waals surface area contributed by atoms with Gasteiger partial charge in [-0.05, 0) is 19.3 Å². The standard InChI is InChI=1S/C10H17NO2S2/c1-8(2)9(3)15(12,13)5-4-10-6-11-7-14-10/h6-9H,4-5H2,1-3H3. The summed E-state index contributed by atoms with van der Waals surface area (Å²) in [6.45, 7) is 5.66. The van der Waals surface area contributed by atoms with Crippen LogP contribution in [0.15, 0.2) is 11.7 Å². The second kappa shape index (κ2) is 5.07. The average Bonchev–Trinajstić information content (AvgIpc) is 2.66. The zero-order valence-corrected chi connectivity index (χ0v) is 10.9. The zero-order chi connectivity index (χ0) is 11.5. The minimum atomic E-state index is -2.96. The topological polar surface area (TPSA) is 47.0 Å². The molecule has 1 unspecified atom stereocenters. The molecule has 15 heavy (non-hydrogen) atoms. The predicted octanol–water partition coefficient (Wildman–Crippen LogP) is 2.14. The van der Waals surface area contributed by atoms with Gasteiger partial charge in [0.25, 0.3) is 0 Å². The van der Waals surface area contributed by atoms with Crippen LogP contribution < -0.4 is 0 Å². The van der Waals surface area contributed by atoms with E-state index in [4.69, 9.17) is 0 Å².